The quantitative estimate of drug-likeness (QED) is 0.473. The Morgan fingerprint density at radius 2 is 2.29 bits per heavy atom. The van der Waals surface area contributed by atoms with Gasteiger partial charge in [0.05, 0.1) is 19.0 Å². The van der Waals surface area contributed by atoms with Crippen molar-refractivity contribution in [3.05, 3.63) is 12.7 Å². The molecule has 10 nitrogen and oxygen atoms in total. The van der Waals surface area contributed by atoms with Crippen LogP contribution in [-0.2, 0) is 9.53 Å². The zero-order chi connectivity index (χ0) is 17.1. The predicted octanol–water partition coefficient (Wildman–Crippen LogP) is -0.872. The highest BCUT2D eigenvalue weighted by molar-refractivity contribution is 5.82. The maximum absolute atomic E-state index is 11.6. The number of aromatic nitrogens is 4. The molecule has 10 heteroatoms. The number of carbonyl (C=O) groups excluding carboxylic acids is 1. The predicted molar refractivity (Wildman–Crippen MR) is 83.9 cm³/mol. The summed E-state index contributed by atoms with van der Waals surface area (Å²) in [5.41, 5.74) is 1.08. The molecule has 130 valence electrons. The molecule has 24 heavy (non-hydrogen) atoms. The van der Waals surface area contributed by atoms with Crippen LogP contribution in [0.25, 0.3) is 11.2 Å². The summed E-state index contributed by atoms with van der Waals surface area (Å²) in [4.78, 5) is 26.7. The molecule has 4 atom stereocenters. The number of hydrogen-bond acceptors (Lipinski definition) is 8. The van der Waals surface area contributed by atoms with Gasteiger partial charge in [0.1, 0.15) is 24.1 Å². The van der Waals surface area contributed by atoms with Crippen LogP contribution in [-0.4, -0.2) is 67.1 Å². The highest BCUT2D eigenvalue weighted by Crippen LogP contribution is 2.23. The number of nitrogens with zero attached hydrogens (tertiary/aromatic N) is 3. The summed E-state index contributed by atoms with van der Waals surface area (Å²) in [6.07, 6.45) is 1.14. The molecule has 3 rings (SSSR count). The molecule has 2 aromatic rings. The van der Waals surface area contributed by atoms with Gasteiger partial charge in [0.2, 0.25) is 5.91 Å². The van der Waals surface area contributed by atoms with E-state index in [-0.39, 0.29) is 18.9 Å². The van der Waals surface area contributed by atoms with Crippen molar-refractivity contribution in [3.8, 4) is 0 Å². The van der Waals surface area contributed by atoms with E-state index in [2.05, 4.69) is 30.6 Å². The Hall–Kier alpha value is -2.30. The third kappa shape index (κ3) is 3.30. The second kappa shape index (κ2) is 7.07. The number of anilines is 1. The van der Waals surface area contributed by atoms with Crippen LogP contribution in [0.2, 0.25) is 0 Å². The number of nitrogens with one attached hydrogen (secondary N) is 3. The third-order valence-corrected chi connectivity index (χ3v) is 3.96. The molecule has 0 spiro atoms. The molecule has 1 fully saturated rings. The molecule has 0 aliphatic carbocycles. The van der Waals surface area contributed by atoms with Crippen LogP contribution in [0.1, 0.15) is 19.8 Å². The lowest BCUT2D eigenvalue weighted by atomic mass is 9.98. The van der Waals surface area contributed by atoms with Crippen molar-refractivity contribution in [2.24, 2.45) is 0 Å². The lowest BCUT2D eigenvalue weighted by Gasteiger charge is -2.39. The third-order valence-electron chi connectivity index (χ3n) is 3.96. The highest BCUT2D eigenvalue weighted by atomic mass is 16.5. The fourth-order valence-corrected chi connectivity index (χ4v) is 2.68. The summed E-state index contributed by atoms with van der Waals surface area (Å²) >= 11 is 0. The summed E-state index contributed by atoms with van der Waals surface area (Å²) in [5.74, 6) is 0.282. The Kier molecular flexibility index (Phi) is 4.88. The Morgan fingerprint density at radius 3 is 3.04 bits per heavy atom. The van der Waals surface area contributed by atoms with Gasteiger partial charge in [-0.1, -0.05) is 6.92 Å². The average molecular weight is 336 g/mol. The lowest BCUT2D eigenvalue weighted by Crippen LogP contribution is -2.57. The van der Waals surface area contributed by atoms with Crippen LogP contribution < -0.4 is 10.6 Å². The molecular formula is C14H20N6O4. The molecule has 1 aliphatic rings. The zero-order valence-electron chi connectivity index (χ0n) is 13.1. The van der Waals surface area contributed by atoms with Crippen molar-refractivity contribution in [2.45, 2.75) is 44.2 Å². The summed E-state index contributed by atoms with van der Waals surface area (Å²) in [7, 11) is 0. The Labute approximate surface area is 137 Å². The minimum Gasteiger partial charge on any atom is -0.394 e. The number of aliphatic hydroxyl groups excluding tert-OH is 2. The molecule has 0 bridgehead atoms. The number of aliphatic hydroxyl groups is 2. The molecule has 3 heterocycles. The number of amides is 1. The van der Waals surface area contributed by atoms with E-state index >= 15 is 0 Å². The number of fused-ring (bicyclic) bond motifs is 1. The summed E-state index contributed by atoms with van der Waals surface area (Å²) in [6.45, 7) is 1.46. The first-order valence-electron chi connectivity index (χ1n) is 7.76. The van der Waals surface area contributed by atoms with Crippen molar-refractivity contribution >= 4 is 22.9 Å². The molecular weight excluding hydrogens is 316 g/mol. The largest absolute Gasteiger partial charge is 0.394 e. The van der Waals surface area contributed by atoms with E-state index in [1.165, 1.54) is 12.7 Å². The smallest absolute Gasteiger partial charge is 0.220 e. The Morgan fingerprint density at radius 1 is 1.46 bits per heavy atom. The van der Waals surface area contributed by atoms with Gasteiger partial charge < -0.3 is 30.6 Å². The second-order valence-corrected chi connectivity index (χ2v) is 5.58. The van der Waals surface area contributed by atoms with Crippen LogP contribution in [0.4, 0.5) is 5.82 Å². The molecule has 2 aromatic heterocycles. The molecule has 1 aliphatic heterocycles. The van der Waals surface area contributed by atoms with Crippen LogP contribution in [0.3, 0.4) is 0 Å². The van der Waals surface area contributed by atoms with Gasteiger partial charge in [-0.2, -0.15) is 0 Å². The van der Waals surface area contributed by atoms with Gasteiger partial charge in [-0.3, -0.25) is 4.79 Å². The molecule has 0 unspecified atom stereocenters. The van der Waals surface area contributed by atoms with Crippen molar-refractivity contribution in [1.29, 1.82) is 0 Å². The van der Waals surface area contributed by atoms with Gasteiger partial charge in [0.15, 0.2) is 17.7 Å². The van der Waals surface area contributed by atoms with E-state index in [0.717, 1.165) is 0 Å². The molecule has 0 radical (unpaired) electrons. The zero-order valence-corrected chi connectivity index (χ0v) is 13.1. The average Bonchev–Trinajstić information content (AvgIpc) is 3.06. The van der Waals surface area contributed by atoms with Gasteiger partial charge in [0.25, 0.3) is 0 Å². The molecule has 5 N–H and O–H groups in total. The van der Waals surface area contributed by atoms with Gasteiger partial charge in [-0.25, -0.2) is 15.0 Å². The lowest BCUT2D eigenvalue weighted by molar-refractivity contribution is -0.142. The summed E-state index contributed by atoms with van der Waals surface area (Å²) in [6, 6.07) is -0.451. The Balaban J connectivity index is 1.73. The number of aromatic amines is 1. The number of rotatable bonds is 5. The van der Waals surface area contributed by atoms with E-state index < -0.39 is 24.5 Å². The minimum atomic E-state index is -0.886. The first-order valence-corrected chi connectivity index (χ1v) is 7.76. The van der Waals surface area contributed by atoms with Gasteiger partial charge in [-0.15, -0.1) is 0 Å². The molecule has 1 saturated heterocycles. The van der Waals surface area contributed by atoms with Crippen molar-refractivity contribution in [1.82, 2.24) is 25.3 Å². The van der Waals surface area contributed by atoms with E-state index in [1.807, 2.05) is 0 Å². The van der Waals surface area contributed by atoms with Crippen LogP contribution in [0, 0.1) is 0 Å². The van der Waals surface area contributed by atoms with Crippen molar-refractivity contribution in [2.75, 3.05) is 11.9 Å². The highest BCUT2D eigenvalue weighted by Gasteiger charge is 2.38. The second-order valence-electron chi connectivity index (χ2n) is 5.58. The standard InChI is InChI=1S/C14H20N6O4/c1-2-10(23)19-7-3-8(22)14(24-9(7)4-21)20-13-11-12(16-5-15-11)17-6-18-13/h5-9,14,21-22H,2-4H2,1H3,(H,19,23)(H2,15,16,17,18,20)/t7-,8+,9+,14+/m1/s1. The maximum atomic E-state index is 11.6. The van der Waals surface area contributed by atoms with Crippen LogP contribution >= 0.6 is 0 Å². The van der Waals surface area contributed by atoms with Crippen molar-refractivity contribution < 1.29 is 19.7 Å². The number of ether oxygens (including phenoxy) is 1. The number of hydrogen-bond donors (Lipinski definition) is 5. The van der Waals surface area contributed by atoms with E-state index in [0.29, 0.717) is 23.4 Å². The Bertz CT molecular complexity index is 707. The van der Waals surface area contributed by atoms with Gasteiger partial charge in [0, 0.05) is 12.8 Å². The topological polar surface area (TPSA) is 145 Å². The van der Waals surface area contributed by atoms with Crippen LogP contribution in [0.15, 0.2) is 12.7 Å². The molecule has 0 saturated carbocycles. The van der Waals surface area contributed by atoms with E-state index in [1.54, 1.807) is 6.92 Å². The number of H-pyrrole nitrogens is 1. The fourth-order valence-electron chi connectivity index (χ4n) is 2.68. The maximum Gasteiger partial charge on any atom is 0.220 e. The number of imidazole rings is 1. The first kappa shape index (κ1) is 16.6. The van der Waals surface area contributed by atoms with E-state index in [4.69, 9.17) is 4.74 Å². The normalized spacial score (nSPS) is 27.1. The summed E-state index contributed by atoms with van der Waals surface area (Å²) in [5, 5.41) is 25.6. The number of carbonyl (C=O) groups is 1. The first-order chi connectivity index (χ1) is 11.6. The monoisotopic (exact) mass is 336 g/mol. The summed E-state index contributed by atoms with van der Waals surface area (Å²) < 4.78 is 5.71. The van der Waals surface area contributed by atoms with Gasteiger partial charge >= 0.3 is 0 Å². The van der Waals surface area contributed by atoms with E-state index in [9.17, 15) is 15.0 Å². The molecule has 1 amide bonds. The molecule has 0 aromatic carbocycles. The fraction of sp³-hybridized carbons (Fsp3) is 0.571. The van der Waals surface area contributed by atoms with Crippen LogP contribution in [0.5, 0.6) is 0 Å². The minimum absolute atomic E-state index is 0.157. The van der Waals surface area contributed by atoms with Crippen molar-refractivity contribution in [3.63, 3.8) is 0 Å². The SMILES string of the molecule is CCC(=O)N[C@@H]1C[C@H](O)[C@@H](Nc2ncnc3nc[nH]c23)O[C@H]1CO. The van der Waals surface area contributed by atoms with Gasteiger partial charge in [-0.05, 0) is 0 Å².